The predicted molar refractivity (Wildman–Crippen MR) is 66.7 cm³/mol. The van der Waals surface area contributed by atoms with Crippen molar-refractivity contribution in [1.29, 1.82) is 0 Å². The van der Waals surface area contributed by atoms with Gasteiger partial charge in [-0.3, -0.25) is 9.71 Å². The van der Waals surface area contributed by atoms with Gasteiger partial charge in [0, 0.05) is 6.54 Å². The first kappa shape index (κ1) is 10.6. The lowest BCUT2D eigenvalue weighted by Gasteiger charge is -2.21. The Balaban J connectivity index is 2.22. The van der Waals surface area contributed by atoms with Crippen molar-refractivity contribution >= 4 is 35.2 Å². The van der Waals surface area contributed by atoms with Gasteiger partial charge in [-0.15, -0.1) is 0 Å². The Labute approximate surface area is 98.4 Å². The van der Waals surface area contributed by atoms with E-state index in [-0.39, 0.29) is 0 Å². The van der Waals surface area contributed by atoms with E-state index in [4.69, 9.17) is 11.6 Å². The van der Waals surface area contributed by atoms with E-state index in [1.165, 1.54) is 11.9 Å². The lowest BCUT2D eigenvalue weighted by atomic mass is 10.3. The van der Waals surface area contributed by atoms with Crippen molar-refractivity contribution in [3.63, 3.8) is 0 Å². The molecule has 0 aromatic heterocycles. The van der Waals surface area contributed by atoms with E-state index in [2.05, 4.69) is 22.0 Å². The highest BCUT2D eigenvalue weighted by Gasteiger charge is 2.15. The number of para-hydroxylation sites is 1. The minimum atomic E-state index is 0.727. The van der Waals surface area contributed by atoms with Crippen LogP contribution in [0.25, 0.3) is 0 Å². The summed E-state index contributed by atoms with van der Waals surface area (Å²) in [6, 6.07) is 5.82. The molecule has 1 heterocycles. The molecule has 1 aromatic carbocycles. The molecule has 0 fully saturated rings. The van der Waals surface area contributed by atoms with E-state index in [1.54, 1.807) is 0 Å². The average molecular weight is 242 g/mol. The molecule has 80 valence electrons. The van der Waals surface area contributed by atoms with Crippen molar-refractivity contribution in [2.75, 3.05) is 11.9 Å². The molecule has 1 aromatic rings. The number of halogens is 1. The maximum absolute atomic E-state index is 6.08. The van der Waals surface area contributed by atoms with Gasteiger partial charge < -0.3 is 5.32 Å². The maximum Gasteiger partial charge on any atom is 0.206 e. The van der Waals surface area contributed by atoms with Gasteiger partial charge in [0.2, 0.25) is 5.96 Å². The molecule has 2 N–H and O–H groups in total. The van der Waals surface area contributed by atoms with Gasteiger partial charge in [-0.05, 0) is 30.5 Å². The van der Waals surface area contributed by atoms with Gasteiger partial charge in [0.25, 0.3) is 0 Å². The van der Waals surface area contributed by atoms with Crippen LogP contribution < -0.4 is 10.0 Å². The largest absolute Gasteiger partial charge is 0.323 e. The van der Waals surface area contributed by atoms with Crippen LogP contribution >= 0.6 is 23.5 Å². The number of nitrogens with one attached hydrogen (secondary N) is 2. The van der Waals surface area contributed by atoms with Crippen LogP contribution in [0.2, 0.25) is 5.02 Å². The van der Waals surface area contributed by atoms with E-state index in [9.17, 15) is 0 Å². The first-order valence-electron chi connectivity index (χ1n) is 4.84. The number of hydrogen-bond acceptors (Lipinski definition) is 2. The standard InChI is InChI=1S/C10H12ClN3S/c1-2-6-12-10-13-9-7(11)4-3-5-8(9)15-14-10/h3-5H,2,6H2,1H3,(H2,12,13,14). The second-order valence-electron chi connectivity index (χ2n) is 3.17. The van der Waals surface area contributed by atoms with Gasteiger partial charge in [-0.2, -0.15) is 0 Å². The van der Waals surface area contributed by atoms with Crippen molar-refractivity contribution < 1.29 is 0 Å². The summed E-state index contributed by atoms with van der Waals surface area (Å²) in [6.45, 7) is 2.91. The molecule has 0 radical (unpaired) electrons. The molecule has 2 rings (SSSR count). The van der Waals surface area contributed by atoms with Gasteiger partial charge in [0.15, 0.2) is 0 Å². The number of aliphatic imine (C=N–C) groups is 1. The Morgan fingerprint density at radius 1 is 1.47 bits per heavy atom. The second kappa shape index (κ2) is 4.77. The molecule has 3 nitrogen and oxygen atoms in total. The molecule has 1 aliphatic heterocycles. The Morgan fingerprint density at radius 2 is 2.33 bits per heavy atom. The molecule has 0 spiro atoms. The fourth-order valence-corrected chi connectivity index (χ4v) is 2.26. The molecular formula is C10H12ClN3S. The molecule has 0 saturated heterocycles. The zero-order valence-electron chi connectivity index (χ0n) is 8.38. The molecule has 0 aliphatic carbocycles. The summed E-state index contributed by atoms with van der Waals surface area (Å²) in [7, 11) is 0. The SMILES string of the molecule is CCCN=C1NSc2cccc(Cl)c2N1. The second-order valence-corrected chi connectivity index (χ2v) is 4.43. The van der Waals surface area contributed by atoms with Gasteiger partial charge in [-0.1, -0.05) is 24.6 Å². The van der Waals surface area contributed by atoms with Gasteiger partial charge in [0.1, 0.15) is 0 Å². The van der Waals surface area contributed by atoms with Crippen LogP contribution in [0.4, 0.5) is 5.69 Å². The van der Waals surface area contributed by atoms with Crippen molar-refractivity contribution in [3.05, 3.63) is 23.2 Å². The summed E-state index contributed by atoms with van der Waals surface area (Å²) in [5.74, 6) is 0.780. The third-order valence-corrected chi connectivity index (χ3v) is 3.14. The summed E-state index contributed by atoms with van der Waals surface area (Å²) in [6.07, 6.45) is 1.03. The first-order chi connectivity index (χ1) is 7.31. The van der Waals surface area contributed by atoms with Gasteiger partial charge in [0.05, 0.1) is 15.6 Å². The molecular weight excluding hydrogens is 230 g/mol. The zero-order valence-corrected chi connectivity index (χ0v) is 9.95. The summed E-state index contributed by atoms with van der Waals surface area (Å²) in [4.78, 5) is 5.45. The number of nitrogens with zero attached hydrogens (tertiary/aromatic N) is 1. The molecule has 1 aliphatic rings. The normalized spacial score (nSPS) is 16.8. The quantitative estimate of drug-likeness (QED) is 0.781. The third-order valence-electron chi connectivity index (χ3n) is 1.97. The van der Waals surface area contributed by atoms with Gasteiger partial charge in [-0.25, -0.2) is 0 Å². The lowest BCUT2D eigenvalue weighted by Crippen LogP contribution is -2.29. The van der Waals surface area contributed by atoms with Crippen LogP contribution in [-0.4, -0.2) is 12.5 Å². The topological polar surface area (TPSA) is 36.4 Å². The first-order valence-corrected chi connectivity index (χ1v) is 6.03. The summed E-state index contributed by atoms with van der Waals surface area (Å²) in [5.41, 5.74) is 0.942. The number of hydrogen-bond donors (Lipinski definition) is 2. The highest BCUT2D eigenvalue weighted by atomic mass is 35.5. The zero-order chi connectivity index (χ0) is 10.7. The van der Waals surface area contributed by atoms with Crippen LogP contribution in [0.5, 0.6) is 0 Å². The lowest BCUT2D eigenvalue weighted by molar-refractivity contribution is 0.926. The van der Waals surface area contributed by atoms with E-state index in [0.717, 1.165) is 34.5 Å². The van der Waals surface area contributed by atoms with Crippen LogP contribution in [0.3, 0.4) is 0 Å². The number of benzene rings is 1. The molecule has 5 heteroatoms. The average Bonchev–Trinajstić information content (AvgIpc) is 2.27. The maximum atomic E-state index is 6.08. The summed E-state index contributed by atoms with van der Waals surface area (Å²) in [5, 5.41) is 3.91. The molecule has 0 amide bonds. The number of fused-ring (bicyclic) bond motifs is 1. The van der Waals surface area contributed by atoms with E-state index in [0.29, 0.717) is 0 Å². The Kier molecular flexibility index (Phi) is 3.38. The van der Waals surface area contributed by atoms with Crippen molar-refractivity contribution in [3.8, 4) is 0 Å². The van der Waals surface area contributed by atoms with Gasteiger partial charge >= 0.3 is 0 Å². The molecule has 0 saturated carbocycles. The fourth-order valence-electron chi connectivity index (χ4n) is 1.25. The van der Waals surface area contributed by atoms with Crippen LogP contribution in [0, 0.1) is 0 Å². The van der Waals surface area contributed by atoms with Crippen LogP contribution in [0.15, 0.2) is 28.1 Å². The Morgan fingerprint density at radius 3 is 3.13 bits per heavy atom. The predicted octanol–water partition coefficient (Wildman–Crippen LogP) is 3.13. The number of anilines is 1. The Hall–Kier alpha value is -0.870. The number of guanidine groups is 1. The summed E-state index contributed by atoms with van der Waals surface area (Å²) >= 11 is 7.62. The highest BCUT2D eigenvalue weighted by molar-refractivity contribution is 7.98. The van der Waals surface area contributed by atoms with Crippen molar-refractivity contribution in [2.24, 2.45) is 4.99 Å². The third kappa shape index (κ3) is 2.38. The highest BCUT2D eigenvalue weighted by Crippen LogP contribution is 2.34. The van der Waals surface area contributed by atoms with E-state index >= 15 is 0 Å². The summed E-state index contributed by atoms with van der Waals surface area (Å²) < 4.78 is 3.13. The molecule has 0 atom stereocenters. The van der Waals surface area contributed by atoms with Crippen LogP contribution in [-0.2, 0) is 0 Å². The number of rotatable bonds is 2. The van der Waals surface area contributed by atoms with Crippen molar-refractivity contribution in [1.82, 2.24) is 4.72 Å². The molecule has 15 heavy (non-hydrogen) atoms. The fraction of sp³-hybridized carbons (Fsp3) is 0.300. The minimum absolute atomic E-state index is 0.727. The Bertz CT molecular complexity index is 392. The van der Waals surface area contributed by atoms with E-state index < -0.39 is 0 Å². The van der Waals surface area contributed by atoms with Crippen molar-refractivity contribution in [2.45, 2.75) is 18.2 Å². The van der Waals surface area contributed by atoms with Crippen LogP contribution in [0.1, 0.15) is 13.3 Å². The molecule has 0 unspecified atom stereocenters. The van der Waals surface area contributed by atoms with E-state index in [1.807, 2.05) is 18.2 Å². The smallest absolute Gasteiger partial charge is 0.206 e. The molecule has 0 bridgehead atoms. The minimum Gasteiger partial charge on any atom is -0.323 e. The monoisotopic (exact) mass is 241 g/mol.